The summed E-state index contributed by atoms with van der Waals surface area (Å²) in [6.07, 6.45) is 0.471. The average molecular weight is 293 g/mol. The zero-order valence-corrected chi connectivity index (χ0v) is 13.0. The predicted octanol–water partition coefficient (Wildman–Crippen LogP) is 2.83. The van der Waals surface area contributed by atoms with Gasteiger partial charge in [-0.1, -0.05) is 20.8 Å². The highest BCUT2D eigenvalue weighted by atomic mass is 35.5. The first kappa shape index (κ1) is 16.7. The van der Waals surface area contributed by atoms with Crippen LogP contribution < -0.4 is 0 Å². The van der Waals surface area contributed by atoms with Crippen LogP contribution in [0.25, 0.3) is 0 Å². The van der Waals surface area contributed by atoms with Crippen molar-refractivity contribution in [3.05, 3.63) is 0 Å². The maximum absolute atomic E-state index is 10.9. The standard InChI is InChI=1S/C14H25ClO4/c1-9-10(2)13(8-18-12(4)16)19-14(11(9)3)17-7-5-6-15/h9-11,13-14H,5-8H2,1-4H3/t9-,10-,11?,13?,14+/m0/s1. The van der Waals surface area contributed by atoms with Crippen LogP contribution >= 0.6 is 11.6 Å². The lowest BCUT2D eigenvalue weighted by Crippen LogP contribution is -2.47. The van der Waals surface area contributed by atoms with Crippen LogP contribution in [0.1, 0.15) is 34.1 Å². The van der Waals surface area contributed by atoms with Crippen LogP contribution in [0.4, 0.5) is 0 Å². The number of carbonyl (C=O) groups excluding carboxylic acids is 1. The second-order valence-electron chi connectivity index (χ2n) is 5.34. The van der Waals surface area contributed by atoms with Gasteiger partial charge in [-0.25, -0.2) is 0 Å². The van der Waals surface area contributed by atoms with Gasteiger partial charge in [-0.15, -0.1) is 11.6 Å². The van der Waals surface area contributed by atoms with Crippen molar-refractivity contribution < 1.29 is 19.0 Å². The Bertz CT molecular complexity index is 285. The van der Waals surface area contributed by atoms with Gasteiger partial charge in [0.15, 0.2) is 6.29 Å². The van der Waals surface area contributed by atoms with Gasteiger partial charge in [0.2, 0.25) is 0 Å². The van der Waals surface area contributed by atoms with E-state index in [0.717, 1.165) is 6.42 Å². The molecule has 0 aromatic rings. The van der Waals surface area contributed by atoms with Crippen LogP contribution in [-0.4, -0.2) is 37.5 Å². The van der Waals surface area contributed by atoms with Gasteiger partial charge >= 0.3 is 5.97 Å². The number of hydrogen-bond donors (Lipinski definition) is 0. The first-order valence-corrected chi connectivity index (χ1v) is 7.47. The summed E-state index contributed by atoms with van der Waals surface area (Å²) in [5.41, 5.74) is 0. The summed E-state index contributed by atoms with van der Waals surface area (Å²) in [4.78, 5) is 10.9. The van der Waals surface area contributed by atoms with Crippen molar-refractivity contribution in [1.29, 1.82) is 0 Å². The lowest BCUT2D eigenvalue weighted by molar-refractivity contribution is -0.255. The van der Waals surface area contributed by atoms with Gasteiger partial charge in [-0.2, -0.15) is 0 Å². The van der Waals surface area contributed by atoms with E-state index in [4.69, 9.17) is 25.8 Å². The number of halogens is 1. The molecule has 1 aliphatic heterocycles. The van der Waals surface area contributed by atoms with Crippen molar-refractivity contribution in [2.45, 2.75) is 46.5 Å². The van der Waals surface area contributed by atoms with E-state index >= 15 is 0 Å². The molecule has 0 spiro atoms. The molecule has 5 heteroatoms. The summed E-state index contributed by atoms with van der Waals surface area (Å²) in [6, 6.07) is 0. The van der Waals surface area contributed by atoms with Crippen LogP contribution in [0.15, 0.2) is 0 Å². The molecule has 19 heavy (non-hydrogen) atoms. The van der Waals surface area contributed by atoms with E-state index in [1.54, 1.807) is 0 Å². The van der Waals surface area contributed by atoms with Crippen molar-refractivity contribution in [1.82, 2.24) is 0 Å². The van der Waals surface area contributed by atoms with E-state index in [1.165, 1.54) is 6.92 Å². The maximum Gasteiger partial charge on any atom is 0.302 e. The molecule has 0 saturated carbocycles. The molecule has 0 bridgehead atoms. The molecule has 2 unspecified atom stereocenters. The fraction of sp³-hybridized carbons (Fsp3) is 0.929. The first-order chi connectivity index (χ1) is 8.97. The van der Waals surface area contributed by atoms with E-state index in [-0.39, 0.29) is 18.4 Å². The second kappa shape index (κ2) is 8.08. The molecule has 5 atom stereocenters. The Morgan fingerprint density at radius 1 is 1.21 bits per heavy atom. The highest BCUT2D eigenvalue weighted by Crippen LogP contribution is 2.35. The molecule has 1 rings (SSSR count). The van der Waals surface area contributed by atoms with Gasteiger partial charge in [0.1, 0.15) is 6.61 Å². The van der Waals surface area contributed by atoms with Crippen molar-refractivity contribution in [2.24, 2.45) is 17.8 Å². The van der Waals surface area contributed by atoms with Crippen LogP contribution in [0.2, 0.25) is 0 Å². The number of ether oxygens (including phenoxy) is 3. The van der Waals surface area contributed by atoms with Gasteiger partial charge < -0.3 is 14.2 Å². The zero-order valence-electron chi connectivity index (χ0n) is 12.2. The molecule has 1 heterocycles. The van der Waals surface area contributed by atoms with Gasteiger partial charge in [0.05, 0.1) is 12.7 Å². The number of rotatable bonds is 6. The van der Waals surface area contributed by atoms with Gasteiger partial charge in [-0.05, 0) is 18.3 Å². The molecule has 1 fully saturated rings. The molecular weight excluding hydrogens is 268 g/mol. The maximum atomic E-state index is 10.9. The molecular formula is C14H25ClO4. The van der Waals surface area contributed by atoms with E-state index in [9.17, 15) is 4.79 Å². The van der Waals surface area contributed by atoms with Gasteiger partial charge in [-0.3, -0.25) is 4.79 Å². The Morgan fingerprint density at radius 2 is 1.89 bits per heavy atom. The Balaban J connectivity index is 2.54. The van der Waals surface area contributed by atoms with E-state index < -0.39 is 0 Å². The lowest BCUT2D eigenvalue weighted by Gasteiger charge is -2.43. The number of alkyl halides is 1. The molecule has 1 aliphatic rings. The van der Waals surface area contributed by atoms with Crippen LogP contribution in [0.5, 0.6) is 0 Å². The fourth-order valence-corrected chi connectivity index (χ4v) is 2.43. The Hall–Kier alpha value is -0.320. The largest absolute Gasteiger partial charge is 0.463 e. The third-order valence-corrected chi connectivity index (χ3v) is 4.26. The number of carbonyl (C=O) groups is 1. The first-order valence-electron chi connectivity index (χ1n) is 6.93. The predicted molar refractivity (Wildman–Crippen MR) is 74.1 cm³/mol. The molecule has 0 radical (unpaired) electrons. The molecule has 4 nitrogen and oxygen atoms in total. The summed E-state index contributed by atoms with van der Waals surface area (Å²) in [5.74, 6) is 1.42. The molecule has 0 aliphatic carbocycles. The summed E-state index contributed by atoms with van der Waals surface area (Å²) in [6.45, 7) is 8.76. The topological polar surface area (TPSA) is 44.8 Å². The van der Waals surface area contributed by atoms with E-state index in [1.807, 2.05) is 0 Å². The molecule has 0 aromatic carbocycles. The SMILES string of the molecule is CC(=O)OCC1O[C@@H](OCCCCl)C(C)[C@@H](C)[C@@H]1C. The van der Waals surface area contributed by atoms with Crippen molar-refractivity contribution in [3.63, 3.8) is 0 Å². The fourth-order valence-electron chi connectivity index (χ4n) is 2.32. The zero-order chi connectivity index (χ0) is 14.4. The minimum Gasteiger partial charge on any atom is -0.463 e. The highest BCUT2D eigenvalue weighted by molar-refractivity contribution is 6.17. The normalized spacial score (nSPS) is 35.1. The highest BCUT2D eigenvalue weighted by Gasteiger charge is 2.39. The minimum atomic E-state index is -0.276. The van der Waals surface area contributed by atoms with Crippen molar-refractivity contribution in [2.75, 3.05) is 19.1 Å². The summed E-state index contributed by atoms with van der Waals surface area (Å²) >= 11 is 5.64. The summed E-state index contributed by atoms with van der Waals surface area (Å²) in [5, 5.41) is 0. The van der Waals surface area contributed by atoms with Crippen molar-refractivity contribution >= 4 is 17.6 Å². The third kappa shape index (κ3) is 4.93. The van der Waals surface area contributed by atoms with Crippen molar-refractivity contribution in [3.8, 4) is 0 Å². The summed E-state index contributed by atoms with van der Waals surface area (Å²) < 4.78 is 16.7. The van der Waals surface area contributed by atoms with Crippen LogP contribution in [-0.2, 0) is 19.0 Å². The Morgan fingerprint density at radius 3 is 2.47 bits per heavy atom. The quantitative estimate of drug-likeness (QED) is 0.429. The number of hydrogen-bond acceptors (Lipinski definition) is 4. The average Bonchev–Trinajstić information content (AvgIpc) is 2.37. The van der Waals surface area contributed by atoms with E-state index in [0.29, 0.717) is 36.8 Å². The van der Waals surface area contributed by atoms with E-state index in [2.05, 4.69) is 20.8 Å². The molecule has 0 aromatic heterocycles. The smallest absolute Gasteiger partial charge is 0.302 e. The number of esters is 1. The minimum absolute atomic E-state index is 0.101. The second-order valence-corrected chi connectivity index (χ2v) is 5.71. The third-order valence-electron chi connectivity index (χ3n) is 3.99. The summed E-state index contributed by atoms with van der Waals surface area (Å²) in [7, 11) is 0. The monoisotopic (exact) mass is 292 g/mol. The Labute approximate surface area is 120 Å². The molecule has 0 N–H and O–H groups in total. The van der Waals surface area contributed by atoms with Crippen LogP contribution in [0, 0.1) is 17.8 Å². The Kier molecular flexibility index (Phi) is 7.11. The van der Waals surface area contributed by atoms with Gasteiger partial charge in [0, 0.05) is 18.7 Å². The van der Waals surface area contributed by atoms with Gasteiger partial charge in [0.25, 0.3) is 0 Å². The molecule has 112 valence electrons. The molecule has 1 saturated heterocycles. The molecule has 0 amide bonds. The van der Waals surface area contributed by atoms with Crippen LogP contribution in [0.3, 0.4) is 0 Å². The lowest BCUT2D eigenvalue weighted by atomic mass is 9.79.